The molecular weight excluding hydrogens is 354 g/mol. The van der Waals surface area contributed by atoms with Crippen LogP contribution >= 0.6 is 11.6 Å². The second-order valence-corrected chi connectivity index (χ2v) is 6.39. The highest BCUT2D eigenvalue weighted by molar-refractivity contribution is 6.30. The summed E-state index contributed by atoms with van der Waals surface area (Å²) in [6.45, 7) is 1.57. The standard InChI is InChI=1S/C20H18ClNO4/c1-2-3-16-15-9-6-13(12-4-7-14(21)8-5-12)10-17(15)26-19(16)20(25)22-11-18(23)24/h4-10H,2-3,11H2,1H3,(H,22,25)(H,23,24). The molecule has 3 rings (SSSR count). The lowest BCUT2D eigenvalue weighted by Crippen LogP contribution is -2.29. The molecule has 0 fully saturated rings. The van der Waals surface area contributed by atoms with E-state index in [2.05, 4.69) is 5.32 Å². The molecule has 1 heterocycles. The predicted octanol–water partition coefficient (Wildman–Crippen LogP) is 4.52. The molecule has 0 saturated heterocycles. The number of hydrogen-bond acceptors (Lipinski definition) is 3. The largest absolute Gasteiger partial charge is 0.480 e. The van der Waals surface area contributed by atoms with Crippen molar-refractivity contribution in [1.29, 1.82) is 0 Å². The molecule has 3 aromatic rings. The molecule has 2 aromatic carbocycles. The first kappa shape index (κ1) is 18.0. The number of furan rings is 1. The summed E-state index contributed by atoms with van der Waals surface area (Å²) >= 11 is 5.94. The Balaban J connectivity index is 2.02. The van der Waals surface area contributed by atoms with Crippen molar-refractivity contribution in [3.63, 3.8) is 0 Å². The summed E-state index contributed by atoms with van der Waals surface area (Å²) in [5.74, 6) is -1.44. The summed E-state index contributed by atoms with van der Waals surface area (Å²) < 4.78 is 5.80. The zero-order valence-corrected chi connectivity index (χ0v) is 15.0. The number of carboxylic acid groups (broad SMARTS) is 1. The molecular formula is C20H18ClNO4. The van der Waals surface area contributed by atoms with Gasteiger partial charge < -0.3 is 14.8 Å². The van der Waals surface area contributed by atoms with Crippen LogP contribution in [0.3, 0.4) is 0 Å². The fourth-order valence-corrected chi connectivity index (χ4v) is 3.02. The number of carboxylic acids is 1. The molecule has 0 bridgehead atoms. The lowest BCUT2D eigenvalue weighted by molar-refractivity contribution is -0.135. The van der Waals surface area contributed by atoms with Gasteiger partial charge in [0, 0.05) is 16.0 Å². The van der Waals surface area contributed by atoms with Crippen molar-refractivity contribution in [3.8, 4) is 11.1 Å². The van der Waals surface area contributed by atoms with E-state index >= 15 is 0 Å². The Hall–Kier alpha value is -2.79. The number of benzene rings is 2. The topological polar surface area (TPSA) is 79.5 Å². The van der Waals surface area contributed by atoms with Crippen LogP contribution in [-0.4, -0.2) is 23.5 Å². The predicted molar refractivity (Wildman–Crippen MR) is 101 cm³/mol. The van der Waals surface area contributed by atoms with Crippen molar-refractivity contribution in [3.05, 3.63) is 58.8 Å². The van der Waals surface area contributed by atoms with Gasteiger partial charge in [0.05, 0.1) is 0 Å². The number of carbonyl (C=O) groups is 2. The second-order valence-electron chi connectivity index (χ2n) is 5.95. The number of nitrogens with one attached hydrogen (secondary N) is 1. The maximum absolute atomic E-state index is 12.3. The molecule has 0 aliphatic rings. The monoisotopic (exact) mass is 371 g/mol. The Morgan fingerprint density at radius 3 is 2.46 bits per heavy atom. The molecule has 5 nitrogen and oxygen atoms in total. The molecule has 0 unspecified atom stereocenters. The zero-order valence-electron chi connectivity index (χ0n) is 14.2. The first-order valence-electron chi connectivity index (χ1n) is 8.31. The minimum absolute atomic E-state index is 0.177. The highest BCUT2D eigenvalue weighted by Gasteiger charge is 2.20. The van der Waals surface area contributed by atoms with Crippen molar-refractivity contribution in [2.75, 3.05) is 6.54 Å². The summed E-state index contributed by atoms with van der Waals surface area (Å²) in [6, 6.07) is 13.2. The van der Waals surface area contributed by atoms with Gasteiger partial charge in [-0.05, 0) is 35.7 Å². The van der Waals surface area contributed by atoms with Crippen molar-refractivity contribution >= 4 is 34.4 Å². The maximum atomic E-state index is 12.3. The molecule has 134 valence electrons. The van der Waals surface area contributed by atoms with Crippen LogP contribution in [0, 0.1) is 0 Å². The Bertz CT molecular complexity index is 960. The maximum Gasteiger partial charge on any atom is 0.322 e. The first-order valence-corrected chi connectivity index (χ1v) is 8.68. The van der Waals surface area contributed by atoms with Crippen LogP contribution < -0.4 is 5.32 Å². The van der Waals surface area contributed by atoms with E-state index in [1.54, 1.807) is 0 Å². The van der Waals surface area contributed by atoms with Crippen molar-refractivity contribution in [1.82, 2.24) is 5.32 Å². The summed E-state index contributed by atoms with van der Waals surface area (Å²) in [5, 5.41) is 12.6. The molecule has 0 aliphatic heterocycles. The molecule has 1 aromatic heterocycles. The molecule has 6 heteroatoms. The van der Waals surface area contributed by atoms with Gasteiger partial charge in [-0.1, -0.05) is 49.2 Å². The molecule has 0 spiro atoms. The van der Waals surface area contributed by atoms with E-state index in [4.69, 9.17) is 21.1 Å². The first-order chi connectivity index (χ1) is 12.5. The summed E-state index contributed by atoms with van der Waals surface area (Å²) in [6.07, 6.45) is 1.51. The number of hydrogen-bond donors (Lipinski definition) is 2. The minimum Gasteiger partial charge on any atom is -0.480 e. The van der Waals surface area contributed by atoms with Gasteiger partial charge in [0.1, 0.15) is 12.1 Å². The fraction of sp³-hybridized carbons (Fsp3) is 0.200. The third-order valence-electron chi connectivity index (χ3n) is 4.08. The van der Waals surface area contributed by atoms with Gasteiger partial charge in [0.2, 0.25) is 0 Å². The average Bonchev–Trinajstić information content (AvgIpc) is 2.98. The Morgan fingerprint density at radius 1 is 1.12 bits per heavy atom. The molecule has 0 atom stereocenters. The fourth-order valence-electron chi connectivity index (χ4n) is 2.89. The van der Waals surface area contributed by atoms with Crippen LogP contribution in [0.15, 0.2) is 46.9 Å². The van der Waals surface area contributed by atoms with Crippen molar-refractivity contribution < 1.29 is 19.1 Å². The van der Waals surface area contributed by atoms with E-state index in [-0.39, 0.29) is 5.76 Å². The third-order valence-corrected chi connectivity index (χ3v) is 4.33. The van der Waals surface area contributed by atoms with Gasteiger partial charge in [0.25, 0.3) is 5.91 Å². The van der Waals surface area contributed by atoms with Gasteiger partial charge >= 0.3 is 5.97 Å². The van der Waals surface area contributed by atoms with Crippen LogP contribution in [0.2, 0.25) is 5.02 Å². The zero-order chi connectivity index (χ0) is 18.7. The molecule has 0 saturated carbocycles. The molecule has 2 N–H and O–H groups in total. The Labute approximate surface area is 155 Å². The van der Waals surface area contributed by atoms with E-state index in [0.717, 1.165) is 28.5 Å². The number of fused-ring (bicyclic) bond motifs is 1. The molecule has 1 amide bonds. The number of aryl methyl sites for hydroxylation is 1. The van der Waals surface area contributed by atoms with E-state index in [0.29, 0.717) is 17.0 Å². The number of aliphatic carboxylic acids is 1. The second kappa shape index (κ2) is 7.62. The van der Waals surface area contributed by atoms with Crippen LogP contribution in [0.4, 0.5) is 0 Å². The van der Waals surface area contributed by atoms with Gasteiger partial charge in [0.15, 0.2) is 5.76 Å². The molecule has 26 heavy (non-hydrogen) atoms. The lowest BCUT2D eigenvalue weighted by atomic mass is 10.0. The van der Waals surface area contributed by atoms with Gasteiger partial charge in [-0.2, -0.15) is 0 Å². The summed E-state index contributed by atoms with van der Waals surface area (Å²) in [7, 11) is 0. The third kappa shape index (κ3) is 3.73. The van der Waals surface area contributed by atoms with E-state index < -0.39 is 18.4 Å². The lowest BCUT2D eigenvalue weighted by Gasteiger charge is -2.03. The smallest absolute Gasteiger partial charge is 0.322 e. The Kier molecular flexibility index (Phi) is 5.28. The van der Waals surface area contributed by atoms with Crippen LogP contribution in [0.1, 0.15) is 29.5 Å². The van der Waals surface area contributed by atoms with Gasteiger partial charge in [-0.25, -0.2) is 0 Å². The van der Waals surface area contributed by atoms with E-state index in [1.807, 2.05) is 49.4 Å². The van der Waals surface area contributed by atoms with Gasteiger partial charge in [-0.15, -0.1) is 0 Å². The van der Waals surface area contributed by atoms with Crippen LogP contribution in [0.5, 0.6) is 0 Å². The van der Waals surface area contributed by atoms with Crippen LogP contribution in [0.25, 0.3) is 22.1 Å². The minimum atomic E-state index is -1.10. The number of halogens is 1. The Morgan fingerprint density at radius 2 is 1.81 bits per heavy atom. The van der Waals surface area contributed by atoms with Crippen molar-refractivity contribution in [2.45, 2.75) is 19.8 Å². The van der Waals surface area contributed by atoms with Crippen molar-refractivity contribution in [2.24, 2.45) is 0 Å². The molecule has 0 radical (unpaired) electrons. The summed E-state index contributed by atoms with van der Waals surface area (Å²) in [5.41, 5.74) is 3.33. The number of amides is 1. The molecule has 0 aliphatic carbocycles. The number of carbonyl (C=O) groups excluding carboxylic acids is 1. The van der Waals surface area contributed by atoms with Crippen LogP contribution in [-0.2, 0) is 11.2 Å². The quantitative estimate of drug-likeness (QED) is 0.667. The number of rotatable bonds is 6. The highest BCUT2D eigenvalue weighted by atomic mass is 35.5. The highest BCUT2D eigenvalue weighted by Crippen LogP contribution is 2.31. The van der Waals surface area contributed by atoms with E-state index in [9.17, 15) is 9.59 Å². The normalized spacial score (nSPS) is 10.8. The summed E-state index contributed by atoms with van der Waals surface area (Å²) in [4.78, 5) is 23.0. The SMILES string of the molecule is CCCc1c(C(=O)NCC(=O)O)oc2cc(-c3ccc(Cl)cc3)ccc12. The average molecular weight is 372 g/mol. The van der Waals surface area contributed by atoms with E-state index in [1.165, 1.54) is 0 Å². The van der Waals surface area contributed by atoms with Gasteiger partial charge in [-0.3, -0.25) is 9.59 Å².